The summed E-state index contributed by atoms with van der Waals surface area (Å²) in [6.45, 7) is 0.0516. The highest BCUT2D eigenvalue weighted by Gasteiger charge is 2.18. The van der Waals surface area contributed by atoms with Crippen LogP contribution in [-0.2, 0) is 27.8 Å². The van der Waals surface area contributed by atoms with Gasteiger partial charge in [-0.2, -0.15) is 0 Å². The van der Waals surface area contributed by atoms with Crippen LogP contribution >= 0.6 is 0 Å². The zero-order valence-electron chi connectivity index (χ0n) is 13.9. The Morgan fingerprint density at radius 2 is 1.85 bits per heavy atom. The predicted molar refractivity (Wildman–Crippen MR) is 95.4 cm³/mol. The number of carbonyl (C=O) groups excluding carboxylic acids is 1. The Labute approximate surface area is 151 Å². The van der Waals surface area contributed by atoms with Crippen molar-refractivity contribution in [3.8, 4) is 0 Å². The Kier molecular flexibility index (Phi) is 5.06. The van der Waals surface area contributed by atoms with E-state index in [2.05, 4.69) is 10.0 Å². The van der Waals surface area contributed by atoms with E-state index in [1.54, 1.807) is 24.3 Å². The molecule has 0 aliphatic carbocycles. The highest BCUT2D eigenvalue weighted by molar-refractivity contribution is 7.89. The maximum absolute atomic E-state index is 12.5. The number of carboxylic acid groups (broad SMARTS) is 1. The average Bonchev–Trinajstić information content (AvgIpc) is 2.80. The average molecular weight is 374 g/mol. The van der Waals surface area contributed by atoms with E-state index in [0.29, 0.717) is 30.5 Å². The van der Waals surface area contributed by atoms with Crippen molar-refractivity contribution in [1.29, 1.82) is 0 Å². The Bertz CT molecular complexity index is 952. The first-order valence-corrected chi connectivity index (χ1v) is 9.58. The number of rotatable bonds is 5. The molecular weight excluding hydrogens is 356 g/mol. The van der Waals surface area contributed by atoms with E-state index >= 15 is 0 Å². The largest absolute Gasteiger partial charge is 0.478 e. The number of aryl methyl sites for hydroxylation is 1. The molecule has 1 amide bonds. The molecule has 0 bridgehead atoms. The second-order valence-electron chi connectivity index (χ2n) is 6.05. The van der Waals surface area contributed by atoms with Gasteiger partial charge in [0.15, 0.2) is 0 Å². The Balaban J connectivity index is 1.75. The van der Waals surface area contributed by atoms with Gasteiger partial charge in [-0.3, -0.25) is 4.79 Å². The van der Waals surface area contributed by atoms with Crippen LogP contribution in [0.5, 0.6) is 0 Å². The monoisotopic (exact) mass is 374 g/mol. The normalized spacial score (nSPS) is 14.2. The molecular formula is C18H18N2O5S. The number of carboxylic acids is 1. The van der Waals surface area contributed by atoms with Crippen LogP contribution in [0.15, 0.2) is 47.4 Å². The number of aromatic carboxylic acids is 1. The van der Waals surface area contributed by atoms with Crippen LogP contribution in [0.2, 0.25) is 0 Å². The molecule has 0 spiro atoms. The van der Waals surface area contributed by atoms with Crippen molar-refractivity contribution in [2.45, 2.75) is 30.7 Å². The van der Waals surface area contributed by atoms with Crippen molar-refractivity contribution in [3.05, 3.63) is 59.2 Å². The molecule has 0 aromatic heterocycles. The number of sulfonamides is 1. The highest BCUT2D eigenvalue weighted by Crippen LogP contribution is 2.25. The number of benzene rings is 2. The van der Waals surface area contributed by atoms with Crippen molar-refractivity contribution < 1.29 is 23.1 Å². The molecule has 0 atom stereocenters. The van der Waals surface area contributed by atoms with Crippen LogP contribution in [0.4, 0.5) is 5.69 Å². The van der Waals surface area contributed by atoms with Crippen molar-refractivity contribution in [2.24, 2.45) is 0 Å². The minimum atomic E-state index is -3.72. The number of anilines is 1. The molecule has 1 heterocycles. The van der Waals surface area contributed by atoms with Crippen LogP contribution in [0, 0.1) is 0 Å². The van der Waals surface area contributed by atoms with Crippen molar-refractivity contribution >= 4 is 27.6 Å². The van der Waals surface area contributed by atoms with Crippen LogP contribution < -0.4 is 10.0 Å². The van der Waals surface area contributed by atoms with E-state index in [1.807, 2.05) is 0 Å². The molecule has 0 radical (unpaired) electrons. The van der Waals surface area contributed by atoms with Crippen molar-refractivity contribution in [2.75, 3.05) is 5.32 Å². The number of carbonyl (C=O) groups is 2. The molecule has 8 heteroatoms. The van der Waals surface area contributed by atoms with Gasteiger partial charge in [0.1, 0.15) is 0 Å². The third-order valence-electron chi connectivity index (χ3n) is 4.18. The topological polar surface area (TPSA) is 113 Å². The summed E-state index contributed by atoms with van der Waals surface area (Å²) in [6, 6.07) is 10.6. The third-order valence-corrected chi connectivity index (χ3v) is 5.58. The Morgan fingerprint density at radius 3 is 2.54 bits per heavy atom. The van der Waals surface area contributed by atoms with Gasteiger partial charge in [-0.1, -0.05) is 12.1 Å². The van der Waals surface area contributed by atoms with E-state index in [1.165, 1.54) is 18.2 Å². The van der Waals surface area contributed by atoms with Crippen molar-refractivity contribution in [3.63, 3.8) is 0 Å². The van der Waals surface area contributed by atoms with Gasteiger partial charge in [-0.05, 0) is 54.3 Å². The minimum Gasteiger partial charge on any atom is -0.478 e. The quantitative estimate of drug-likeness (QED) is 0.742. The summed E-state index contributed by atoms with van der Waals surface area (Å²) >= 11 is 0. The zero-order chi connectivity index (χ0) is 18.7. The molecule has 0 fully saturated rings. The number of hydrogen-bond acceptors (Lipinski definition) is 4. The summed E-state index contributed by atoms with van der Waals surface area (Å²) in [7, 11) is -3.72. The second kappa shape index (κ2) is 7.27. The highest BCUT2D eigenvalue weighted by atomic mass is 32.2. The molecule has 7 nitrogen and oxygen atoms in total. The molecule has 0 unspecified atom stereocenters. The van der Waals surface area contributed by atoms with Gasteiger partial charge in [-0.25, -0.2) is 17.9 Å². The summed E-state index contributed by atoms with van der Waals surface area (Å²) < 4.78 is 27.6. The third kappa shape index (κ3) is 4.09. The van der Waals surface area contributed by atoms with Crippen LogP contribution in [0.25, 0.3) is 0 Å². The second-order valence-corrected chi connectivity index (χ2v) is 7.81. The standard InChI is InChI=1S/C18H18N2O5S/c21-17-3-1-2-14-10-15(8-9-16(14)20-17)26(24,25)19-11-12-4-6-13(7-5-12)18(22)23/h4-10,19H,1-3,11H2,(H,20,21)(H,22,23). The zero-order valence-corrected chi connectivity index (χ0v) is 14.7. The lowest BCUT2D eigenvalue weighted by Crippen LogP contribution is -2.23. The summed E-state index contributed by atoms with van der Waals surface area (Å²) in [5.74, 6) is -1.10. The molecule has 2 aromatic carbocycles. The summed E-state index contributed by atoms with van der Waals surface area (Å²) in [5, 5.41) is 11.7. The van der Waals surface area contributed by atoms with Gasteiger partial charge in [-0.15, -0.1) is 0 Å². The number of amides is 1. The predicted octanol–water partition coefficient (Wildman–Crippen LogP) is 2.14. The molecule has 3 rings (SSSR count). The molecule has 1 aliphatic rings. The van der Waals surface area contributed by atoms with Crippen molar-refractivity contribution in [1.82, 2.24) is 4.72 Å². The smallest absolute Gasteiger partial charge is 0.335 e. The summed E-state index contributed by atoms with van der Waals surface area (Å²) in [4.78, 5) is 22.5. The fourth-order valence-electron chi connectivity index (χ4n) is 2.74. The number of nitrogens with one attached hydrogen (secondary N) is 2. The van der Waals surface area contributed by atoms with Crippen LogP contribution in [0.3, 0.4) is 0 Å². The SMILES string of the molecule is O=C1CCCc2cc(S(=O)(=O)NCc3ccc(C(=O)O)cc3)ccc2N1. The van der Waals surface area contributed by atoms with Gasteiger partial charge in [0.2, 0.25) is 15.9 Å². The Hall–Kier alpha value is -2.71. The molecule has 3 N–H and O–H groups in total. The lowest BCUT2D eigenvalue weighted by molar-refractivity contribution is -0.116. The first kappa shape index (κ1) is 18.1. The molecule has 0 saturated heterocycles. The summed E-state index contributed by atoms with van der Waals surface area (Å²) in [5.41, 5.74) is 2.24. The maximum atomic E-state index is 12.5. The van der Waals surface area contributed by atoms with Gasteiger partial charge in [0.05, 0.1) is 10.5 Å². The minimum absolute atomic E-state index is 0.0516. The number of hydrogen-bond donors (Lipinski definition) is 3. The fraction of sp³-hybridized carbons (Fsp3) is 0.222. The van der Waals surface area contributed by atoms with Gasteiger partial charge >= 0.3 is 5.97 Å². The van der Waals surface area contributed by atoms with E-state index in [4.69, 9.17) is 5.11 Å². The summed E-state index contributed by atoms with van der Waals surface area (Å²) in [6.07, 6.45) is 1.72. The van der Waals surface area contributed by atoms with Gasteiger partial charge < -0.3 is 10.4 Å². The first-order valence-electron chi connectivity index (χ1n) is 8.10. The van der Waals surface area contributed by atoms with Crippen LogP contribution in [0.1, 0.15) is 34.3 Å². The number of fused-ring (bicyclic) bond motifs is 1. The van der Waals surface area contributed by atoms with Gasteiger partial charge in [0.25, 0.3) is 0 Å². The maximum Gasteiger partial charge on any atom is 0.335 e. The molecule has 2 aromatic rings. The Morgan fingerprint density at radius 1 is 1.12 bits per heavy atom. The molecule has 0 saturated carbocycles. The first-order chi connectivity index (χ1) is 12.3. The molecule has 26 heavy (non-hydrogen) atoms. The fourth-order valence-corrected chi connectivity index (χ4v) is 3.81. The lowest BCUT2D eigenvalue weighted by atomic mass is 10.1. The van der Waals surface area contributed by atoms with Gasteiger partial charge in [0, 0.05) is 18.7 Å². The van der Waals surface area contributed by atoms with Crippen LogP contribution in [-0.4, -0.2) is 25.4 Å². The molecule has 1 aliphatic heterocycles. The van der Waals surface area contributed by atoms with E-state index in [0.717, 1.165) is 5.56 Å². The molecule has 136 valence electrons. The lowest BCUT2D eigenvalue weighted by Gasteiger charge is -2.11. The van der Waals surface area contributed by atoms with E-state index in [-0.39, 0.29) is 22.9 Å². The van der Waals surface area contributed by atoms with E-state index in [9.17, 15) is 18.0 Å². The van der Waals surface area contributed by atoms with E-state index < -0.39 is 16.0 Å².